The van der Waals surface area contributed by atoms with Crippen LogP contribution in [0.5, 0.6) is 11.6 Å². The molecule has 0 aliphatic carbocycles. The van der Waals surface area contributed by atoms with E-state index in [1.807, 2.05) is 42.2 Å². The summed E-state index contributed by atoms with van der Waals surface area (Å²) in [6, 6.07) is 13.6. The number of nitrogens with zero attached hydrogens (tertiary/aromatic N) is 3. The van der Waals surface area contributed by atoms with Gasteiger partial charge in [-0.05, 0) is 42.8 Å². The molecule has 0 spiro atoms. The molecule has 0 bridgehead atoms. The van der Waals surface area contributed by atoms with Gasteiger partial charge in [-0.15, -0.1) is 0 Å². The number of aryl methyl sites for hydroxylation is 2. The first-order valence-corrected chi connectivity index (χ1v) is 10.7. The molecule has 1 atom stereocenters. The lowest BCUT2D eigenvalue weighted by atomic mass is 10.0. The van der Waals surface area contributed by atoms with Gasteiger partial charge in [0.2, 0.25) is 5.91 Å². The number of pyridine rings is 1. The van der Waals surface area contributed by atoms with Gasteiger partial charge in [0.25, 0.3) is 5.88 Å². The van der Waals surface area contributed by atoms with E-state index in [-0.39, 0.29) is 11.8 Å². The molecule has 0 saturated carbocycles. The molecule has 32 heavy (non-hydrogen) atoms. The van der Waals surface area contributed by atoms with Gasteiger partial charge in [-0.1, -0.05) is 6.07 Å². The Morgan fingerprint density at radius 1 is 1.19 bits per heavy atom. The molecule has 8 heteroatoms. The van der Waals surface area contributed by atoms with Crippen LogP contribution >= 0.6 is 0 Å². The summed E-state index contributed by atoms with van der Waals surface area (Å²) in [5.74, 6) is 2.21. The number of carbonyl (C=O) groups excluding carboxylic acids is 1. The molecule has 1 amide bonds. The van der Waals surface area contributed by atoms with Gasteiger partial charge >= 0.3 is 0 Å². The summed E-state index contributed by atoms with van der Waals surface area (Å²) in [6.07, 6.45) is 1.79. The largest absolute Gasteiger partial charge is 0.497 e. The van der Waals surface area contributed by atoms with Crippen molar-refractivity contribution in [3.63, 3.8) is 0 Å². The van der Waals surface area contributed by atoms with E-state index in [4.69, 9.17) is 19.0 Å². The number of likely N-dealkylation sites (tertiary alicyclic amines) is 1. The molecule has 1 saturated heterocycles. The van der Waals surface area contributed by atoms with Crippen LogP contribution in [0.2, 0.25) is 0 Å². The van der Waals surface area contributed by atoms with Gasteiger partial charge in [0, 0.05) is 66.7 Å². The highest BCUT2D eigenvalue weighted by Crippen LogP contribution is 2.30. The lowest BCUT2D eigenvalue weighted by molar-refractivity contribution is -0.130. The summed E-state index contributed by atoms with van der Waals surface area (Å²) in [5, 5.41) is 7.21. The monoisotopic (exact) mass is 436 g/mol. The molecule has 8 nitrogen and oxygen atoms in total. The second kappa shape index (κ2) is 9.72. The molecule has 1 aliphatic heterocycles. The summed E-state index contributed by atoms with van der Waals surface area (Å²) < 4.78 is 15.5. The van der Waals surface area contributed by atoms with Gasteiger partial charge in [0.05, 0.1) is 14.2 Å². The zero-order chi connectivity index (χ0) is 22.5. The van der Waals surface area contributed by atoms with Crippen LogP contribution in [0.15, 0.2) is 47.0 Å². The predicted octanol–water partition coefficient (Wildman–Crippen LogP) is 4.09. The third-order valence-electron chi connectivity index (χ3n) is 5.62. The Kier molecular flexibility index (Phi) is 6.58. The summed E-state index contributed by atoms with van der Waals surface area (Å²) >= 11 is 0. The van der Waals surface area contributed by atoms with Crippen molar-refractivity contribution in [3.05, 3.63) is 59.6 Å². The highest BCUT2D eigenvalue weighted by atomic mass is 16.5. The average molecular weight is 437 g/mol. The van der Waals surface area contributed by atoms with Crippen LogP contribution in [-0.2, 0) is 11.2 Å². The van der Waals surface area contributed by atoms with Gasteiger partial charge < -0.3 is 24.2 Å². The number of methoxy groups -OCH3 is 2. The number of nitrogens with one attached hydrogen (secondary N) is 1. The number of rotatable bonds is 8. The first-order valence-electron chi connectivity index (χ1n) is 10.7. The van der Waals surface area contributed by atoms with Crippen molar-refractivity contribution < 1.29 is 18.8 Å². The number of aromatic nitrogens is 2. The van der Waals surface area contributed by atoms with E-state index in [0.29, 0.717) is 31.0 Å². The SMILES string of the molecule is COc1cccc(Nc2cc(C)nc([C@@H]3CCN(C(=O)CCc4cc(OC)no4)C3)c2)c1. The van der Waals surface area contributed by atoms with E-state index in [2.05, 4.69) is 16.5 Å². The molecule has 2 aromatic heterocycles. The number of ether oxygens (including phenoxy) is 2. The number of hydrogen-bond acceptors (Lipinski definition) is 7. The molecule has 0 unspecified atom stereocenters. The lowest BCUT2D eigenvalue weighted by Gasteiger charge is -2.17. The number of hydrogen-bond donors (Lipinski definition) is 1. The molecule has 1 aromatic carbocycles. The summed E-state index contributed by atoms with van der Waals surface area (Å²) in [5.41, 5.74) is 3.88. The highest BCUT2D eigenvalue weighted by Gasteiger charge is 2.28. The van der Waals surface area contributed by atoms with Crippen LogP contribution in [-0.4, -0.2) is 48.3 Å². The Balaban J connectivity index is 1.38. The zero-order valence-electron chi connectivity index (χ0n) is 18.6. The third kappa shape index (κ3) is 5.19. The van der Waals surface area contributed by atoms with Crippen molar-refractivity contribution in [2.45, 2.75) is 32.1 Å². The molecule has 168 valence electrons. The second-order valence-electron chi connectivity index (χ2n) is 7.94. The Morgan fingerprint density at radius 2 is 2.06 bits per heavy atom. The standard InChI is InChI=1S/C24H28N4O4/c1-16-11-19(26-18-5-4-6-20(12-18)30-2)13-22(25-16)17-9-10-28(15-17)24(29)8-7-21-14-23(31-3)27-32-21/h4-6,11-14,17H,7-10,15H2,1-3H3,(H,25,26)/t17-/m1/s1. The predicted molar refractivity (Wildman–Crippen MR) is 121 cm³/mol. The van der Waals surface area contributed by atoms with Crippen LogP contribution in [0.25, 0.3) is 0 Å². The Hall–Kier alpha value is -3.55. The minimum atomic E-state index is 0.116. The molecular weight excluding hydrogens is 408 g/mol. The van der Waals surface area contributed by atoms with Crippen molar-refractivity contribution in [2.24, 2.45) is 0 Å². The van der Waals surface area contributed by atoms with Crippen molar-refractivity contribution in [1.29, 1.82) is 0 Å². The van der Waals surface area contributed by atoms with Crippen LogP contribution in [0.1, 0.15) is 35.9 Å². The molecule has 1 N–H and O–H groups in total. The molecule has 0 radical (unpaired) electrons. The number of anilines is 2. The maximum Gasteiger partial charge on any atom is 0.254 e. The summed E-state index contributed by atoms with van der Waals surface area (Å²) in [6.45, 7) is 3.40. The van der Waals surface area contributed by atoms with E-state index >= 15 is 0 Å². The summed E-state index contributed by atoms with van der Waals surface area (Å²) in [4.78, 5) is 19.4. The van der Waals surface area contributed by atoms with E-state index in [9.17, 15) is 4.79 Å². The van der Waals surface area contributed by atoms with Crippen molar-refractivity contribution in [2.75, 3.05) is 32.6 Å². The fourth-order valence-corrected chi connectivity index (χ4v) is 3.97. The molecule has 3 aromatic rings. The zero-order valence-corrected chi connectivity index (χ0v) is 18.6. The van der Waals surface area contributed by atoms with Crippen LogP contribution in [0.3, 0.4) is 0 Å². The third-order valence-corrected chi connectivity index (χ3v) is 5.62. The van der Waals surface area contributed by atoms with Crippen LogP contribution in [0.4, 0.5) is 11.4 Å². The van der Waals surface area contributed by atoms with Gasteiger partial charge in [0.15, 0.2) is 0 Å². The van der Waals surface area contributed by atoms with Gasteiger partial charge in [0.1, 0.15) is 11.5 Å². The van der Waals surface area contributed by atoms with Gasteiger partial charge in [-0.3, -0.25) is 9.78 Å². The fraction of sp³-hybridized carbons (Fsp3) is 0.375. The maximum atomic E-state index is 12.7. The topological polar surface area (TPSA) is 89.7 Å². The minimum Gasteiger partial charge on any atom is -0.497 e. The molecule has 1 fully saturated rings. The van der Waals surface area contributed by atoms with Gasteiger partial charge in [-0.25, -0.2) is 0 Å². The Morgan fingerprint density at radius 3 is 2.84 bits per heavy atom. The van der Waals surface area contributed by atoms with Gasteiger partial charge in [-0.2, -0.15) is 0 Å². The molecular formula is C24H28N4O4. The lowest BCUT2D eigenvalue weighted by Crippen LogP contribution is -2.28. The Labute approximate surface area is 187 Å². The average Bonchev–Trinajstić information content (AvgIpc) is 3.47. The second-order valence-corrected chi connectivity index (χ2v) is 7.94. The van der Waals surface area contributed by atoms with E-state index < -0.39 is 0 Å². The number of benzene rings is 1. The molecule has 1 aliphatic rings. The van der Waals surface area contributed by atoms with E-state index in [0.717, 1.165) is 41.5 Å². The van der Waals surface area contributed by atoms with Crippen LogP contribution in [0, 0.1) is 6.92 Å². The normalized spacial score (nSPS) is 15.6. The first-order chi connectivity index (χ1) is 15.5. The summed E-state index contributed by atoms with van der Waals surface area (Å²) in [7, 11) is 3.19. The van der Waals surface area contributed by atoms with E-state index in [1.165, 1.54) is 7.11 Å². The fourth-order valence-electron chi connectivity index (χ4n) is 3.97. The quantitative estimate of drug-likeness (QED) is 0.569. The van der Waals surface area contributed by atoms with Crippen molar-refractivity contribution >= 4 is 17.3 Å². The van der Waals surface area contributed by atoms with Crippen molar-refractivity contribution in [3.8, 4) is 11.6 Å². The number of amides is 1. The van der Waals surface area contributed by atoms with E-state index in [1.54, 1.807) is 13.2 Å². The number of carbonyl (C=O) groups is 1. The highest BCUT2D eigenvalue weighted by molar-refractivity contribution is 5.76. The molecule has 4 rings (SSSR count). The Bertz CT molecular complexity index is 1080. The maximum absolute atomic E-state index is 12.7. The van der Waals surface area contributed by atoms with Crippen LogP contribution < -0.4 is 14.8 Å². The smallest absolute Gasteiger partial charge is 0.254 e. The first kappa shape index (κ1) is 21.7. The molecule has 3 heterocycles. The minimum absolute atomic E-state index is 0.116. The van der Waals surface area contributed by atoms with Crippen molar-refractivity contribution in [1.82, 2.24) is 15.0 Å².